The minimum Gasteiger partial charge on any atom is -0.360 e. The van der Waals surface area contributed by atoms with Gasteiger partial charge in [0.2, 0.25) is 10.0 Å². The zero-order valence-corrected chi connectivity index (χ0v) is 10.4. The highest BCUT2D eigenvalue weighted by atomic mass is 32.2. The quantitative estimate of drug-likeness (QED) is 0.834. The summed E-state index contributed by atoms with van der Waals surface area (Å²) in [7, 11) is -3.50. The lowest BCUT2D eigenvalue weighted by molar-refractivity contribution is 0.380. The third-order valence-electron chi connectivity index (χ3n) is 2.03. The molecule has 0 aliphatic rings. The van der Waals surface area contributed by atoms with Crippen LogP contribution in [-0.4, -0.2) is 13.6 Å². The van der Waals surface area contributed by atoms with Gasteiger partial charge in [-0.3, -0.25) is 0 Å². The van der Waals surface area contributed by atoms with Crippen LogP contribution in [0.25, 0.3) is 0 Å². The molecule has 2 heterocycles. The van der Waals surface area contributed by atoms with Gasteiger partial charge in [0.25, 0.3) is 0 Å². The summed E-state index contributed by atoms with van der Waals surface area (Å²) in [6, 6.07) is 4.84. The van der Waals surface area contributed by atoms with Crippen molar-refractivity contribution in [2.75, 3.05) is 0 Å². The van der Waals surface area contributed by atoms with Crippen molar-refractivity contribution < 1.29 is 12.9 Å². The number of hydrogen-bond donors (Lipinski definition) is 2. The monoisotopic (exact) mass is 273 g/mol. The number of nitrogens with zero attached hydrogens (tertiary/aromatic N) is 1. The highest BCUT2D eigenvalue weighted by Gasteiger charge is 2.16. The summed E-state index contributed by atoms with van der Waals surface area (Å²) in [6.45, 7) is 0.417. The third kappa shape index (κ3) is 2.91. The molecule has 17 heavy (non-hydrogen) atoms. The summed E-state index contributed by atoms with van der Waals surface area (Å²) in [4.78, 5) is 0.824. The summed E-state index contributed by atoms with van der Waals surface area (Å²) in [6.07, 6.45) is 1.46. The Hall–Kier alpha value is -1.22. The lowest BCUT2D eigenvalue weighted by Crippen LogP contribution is -2.22. The smallest absolute Gasteiger partial charge is 0.250 e. The normalized spacial score (nSPS) is 11.8. The topological polar surface area (TPSA) is 98.2 Å². The van der Waals surface area contributed by atoms with E-state index >= 15 is 0 Å². The van der Waals surface area contributed by atoms with Gasteiger partial charge in [-0.15, -0.1) is 11.3 Å². The molecule has 2 aromatic heterocycles. The molecule has 8 heteroatoms. The molecule has 0 bridgehead atoms. The summed E-state index contributed by atoms with van der Waals surface area (Å²) >= 11 is 1.16. The third-order valence-corrected chi connectivity index (χ3v) is 5.03. The molecule has 0 fully saturated rings. The van der Waals surface area contributed by atoms with E-state index in [-0.39, 0.29) is 10.8 Å². The summed E-state index contributed by atoms with van der Waals surface area (Å²) in [5, 5.41) is 3.49. The van der Waals surface area contributed by atoms with Gasteiger partial charge < -0.3 is 10.3 Å². The van der Waals surface area contributed by atoms with Crippen molar-refractivity contribution >= 4 is 21.4 Å². The molecule has 0 aliphatic carbocycles. The van der Waals surface area contributed by atoms with Gasteiger partial charge in [-0.2, -0.15) is 0 Å². The number of aromatic nitrogens is 1. The highest BCUT2D eigenvalue weighted by Crippen LogP contribution is 2.21. The highest BCUT2D eigenvalue weighted by molar-refractivity contribution is 7.91. The van der Waals surface area contributed by atoms with Gasteiger partial charge in [-0.05, 0) is 12.1 Å². The van der Waals surface area contributed by atoms with Crippen LogP contribution < -0.4 is 10.5 Å². The maximum atomic E-state index is 11.9. The van der Waals surface area contributed by atoms with Crippen LogP contribution in [0.3, 0.4) is 0 Å². The predicted molar refractivity (Wildman–Crippen MR) is 62.7 cm³/mol. The second-order valence-electron chi connectivity index (χ2n) is 3.23. The van der Waals surface area contributed by atoms with Crippen molar-refractivity contribution in [3.05, 3.63) is 35.0 Å². The predicted octanol–water partition coefficient (Wildman–Crippen LogP) is 0.673. The molecule has 0 aromatic carbocycles. The molecular weight excluding hydrogens is 262 g/mol. The fraction of sp³-hybridized carbons (Fsp3) is 0.222. The minimum absolute atomic E-state index is 0.0815. The van der Waals surface area contributed by atoms with E-state index < -0.39 is 10.0 Å². The SMILES string of the molecule is NCc1ccc(S(=O)(=O)NCc2ccno2)s1. The van der Waals surface area contributed by atoms with Gasteiger partial charge >= 0.3 is 0 Å². The van der Waals surface area contributed by atoms with E-state index in [1.807, 2.05) is 0 Å². The largest absolute Gasteiger partial charge is 0.360 e. The number of thiophene rings is 1. The Kier molecular flexibility index (Phi) is 3.57. The second kappa shape index (κ2) is 4.96. The molecule has 0 saturated heterocycles. The maximum absolute atomic E-state index is 11.9. The average molecular weight is 273 g/mol. The van der Waals surface area contributed by atoms with Gasteiger partial charge in [0.05, 0.1) is 12.7 Å². The van der Waals surface area contributed by atoms with Crippen LogP contribution in [0, 0.1) is 0 Å². The second-order valence-corrected chi connectivity index (χ2v) is 6.39. The van der Waals surface area contributed by atoms with E-state index in [9.17, 15) is 8.42 Å². The van der Waals surface area contributed by atoms with Crippen LogP contribution in [-0.2, 0) is 23.1 Å². The van der Waals surface area contributed by atoms with E-state index in [0.29, 0.717) is 12.3 Å². The minimum atomic E-state index is -3.50. The summed E-state index contributed by atoms with van der Waals surface area (Å²) in [5.74, 6) is 0.462. The fourth-order valence-corrected chi connectivity index (χ4v) is 3.46. The van der Waals surface area contributed by atoms with Gasteiger partial charge in [0.15, 0.2) is 5.76 Å². The van der Waals surface area contributed by atoms with Crippen LogP contribution in [0.15, 0.2) is 33.1 Å². The molecule has 0 saturated carbocycles. The van der Waals surface area contributed by atoms with E-state index in [4.69, 9.17) is 10.3 Å². The van der Waals surface area contributed by atoms with Crippen molar-refractivity contribution in [3.8, 4) is 0 Å². The van der Waals surface area contributed by atoms with Gasteiger partial charge in [0.1, 0.15) is 4.21 Å². The van der Waals surface area contributed by atoms with Crippen LogP contribution >= 0.6 is 11.3 Å². The zero-order valence-electron chi connectivity index (χ0n) is 8.79. The fourth-order valence-electron chi connectivity index (χ4n) is 1.18. The number of nitrogens with two attached hydrogens (primary N) is 1. The molecule has 2 aromatic rings. The van der Waals surface area contributed by atoms with Gasteiger partial charge in [0, 0.05) is 17.5 Å². The first-order chi connectivity index (χ1) is 8.12. The lowest BCUT2D eigenvalue weighted by atomic mass is 10.5. The van der Waals surface area contributed by atoms with Crippen LogP contribution in [0.5, 0.6) is 0 Å². The standard InChI is InChI=1S/C9H11N3O3S2/c10-5-8-1-2-9(16-8)17(13,14)12-6-7-3-4-11-15-7/h1-4,12H,5-6,10H2. The van der Waals surface area contributed by atoms with E-state index in [1.54, 1.807) is 12.1 Å². The number of rotatable bonds is 5. The Morgan fingerprint density at radius 3 is 2.82 bits per heavy atom. The Bertz CT molecular complexity index is 574. The van der Waals surface area contributed by atoms with Crippen LogP contribution in [0.2, 0.25) is 0 Å². The number of nitrogens with one attached hydrogen (secondary N) is 1. The Morgan fingerprint density at radius 2 is 2.24 bits per heavy atom. The molecule has 0 radical (unpaired) electrons. The molecule has 0 amide bonds. The molecule has 0 atom stereocenters. The van der Waals surface area contributed by atoms with E-state index in [2.05, 4.69) is 9.88 Å². The Labute approximate surface area is 102 Å². The maximum Gasteiger partial charge on any atom is 0.250 e. The van der Waals surface area contributed by atoms with Gasteiger partial charge in [-0.1, -0.05) is 5.16 Å². The Morgan fingerprint density at radius 1 is 1.41 bits per heavy atom. The zero-order chi connectivity index (χ0) is 12.3. The molecule has 6 nitrogen and oxygen atoms in total. The van der Waals surface area contributed by atoms with Crippen LogP contribution in [0.1, 0.15) is 10.6 Å². The average Bonchev–Trinajstić information content (AvgIpc) is 2.98. The summed E-state index contributed by atoms with van der Waals surface area (Å²) < 4.78 is 31.2. The van der Waals surface area contributed by atoms with Crippen molar-refractivity contribution in [3.63, 3.8) is 0 Å². The van der Waals surface area contributed by atoms with Crippen molar-refractivity contribution in [1.29, 1.82) is 0 Å². The summed E-state index contributed by atoms with van der Waals surface area (Å²) in [5.41, 5.74) is 5.43. The molecule has 3 N–H and O–H groups in total. The van der Waals surface area contributed by atoms with Gasteiger partial charge in [-0.25, -0.2) is 13.1 Å². The van der Waals surface area contributed by atoms with Crippen molar-refractivity contribution in [2.45, 2.75) is 17.3 Å². The first-order valence-corrected chi connectivity index (χ1v) is 7.10. The first kappa shape index (κ1) is 12.2. The lowest BCUT2D eigenvalue weighted by Gasteiger charge is -2.01. The van der Waals surface area contributed by atoms with Crippen molar-refractivity contribution in [2.24, 2.45) is 5.73 Å². The number of sulfonamides is 1. The molecular formula is C9H11N3O3S2. The molecule has 2 rings (SSSR count). The molecule has 92 valence electrons. The van der Waals surface area contributed by atoms with E-state index in [0.717, 1.165) is 16.2 Å². The molecule has 0 aliphatic heterocycles. The first-order valence-electron chi connectivity index (χ1n) is 4.80. The molecule has 0 unspecified atom stereocenters. The Balaban J connectivity index is 2.08. The number of hydrogen-bond acceptors (Lipinski definition) is 6. The van der Waals surface area contributed by atoms with Crippen LogP contribution in [0.4, 0.5) is 0 Å². The van der Waals surface area contributed by atoms with Crippen molar-refractivity contribution in [1.82, 2.24) is 9.88 Å². The van der Waals surface area contributed by atoms with E-state index in [1.165, 1.54) is 12.3 Å². The molecule has 0 spiro atoms.